The molecule has 0 aromatic rings. The zero-order valence-corrected chi connectivity index (χ0v) is 24.1. The Balaban J connectivity index is 1.88. The molecule has 2 rings (SSSR count). The summed E-state index contributed by atoms with van der Waals surface area (Å²) in [5, 5.41) is 20.8. The maximum absolute atomic E-state index is 13.2. The molecule has 2 N–H and O–H groups in total. The molecule has 0 bridgehead atoms. The summed E-state index contributed by atoms with van der Waals surface area (Å²) in [7, 11) is -3.89. The van der Waals surface area contributed by atoms with Crippen LogP contribution in [-0.4, -0.2) is 66.9 Å². The first-order valence-corrected chi connectivity index (χ1v) is 15.5. The summed E-state index contributed by atoms with van der Waals surface area (Å²) < 4.78 is 40.8. The number of ether oxygens (including phenoxy) is 2. The van der Waals surface area contributed by atoms with Crippen molar-refractivity contribution in [2.24, 2.45) is 17.8 Å². The number of phosphoric acid groups is 1. The number of phosphoric ester groups is 1. The fourth-order valence-electron chi connectivity index (χ4n) is 4.65. The molecule has 0 aliphatic heterocycles. The van der Waals surface area contributed by atoms with Crippen LogP contribution >= 0.6 is 7.82 Å². The summed E-state index contributed by atoms with van der Waals surface area (Å²) in [4.78, 5) is 24.6. The number of carbonyl (C=O) groups is 2. The molecular formula is C27H47O10P. The number of hydrogen-bond donors (Lipinski definition) is 2. The number of esters is 2. The molecular weight excluding hydrogens is 515 g/mol. The van der Waals surface area contributed by atoms with E-state index >= 15 is 0 Å². The number of unbranched alkanes of at least 4 members (excludes halogenated alkanes) is 2. The summed E-state index contributed by atoms with van der Waals surface area (Å²) in [6, 6.07) is 0. The number of carbonyl (C=O) groups excluding carboxylic acids is 2. The number of aliphatic hydroxyl groups is 2. The number of rotatable bonds is 16. The molecule has 6 atom stereocenters. The van der Waals surface area contributed by atoms with E-state index in [1.807, 2.05) is 13.8 Å². The van der Waals surface area contributed by atoms with Crippen LogP contribution in [0.2, 0.25) is 0 Å². The van der Waals surface area contributed by atoms with Gasteiger partial charge < -0.3 is 19.7 Å². The summed E-state index contributed by atoms with van der Waals surface area (Å²) in [6.07, 6.45) is 3.46. The van der Waals surface area contributed by atoms with E-state index < -0.39 is 44.0 Å². The topological polar surface area (TPSA) is 138 Å². The fourth-order valence-corrected chi connectivity index (χ4v) is 6.11. The quantitative estimate of drug-likeness (QED) is 0.118. The van der Waals surface area contributed by atoms with E-state index in [9.17, 15) is 24.4 Å². The Morgan fingerprint density at radius 2 is 1.53 bits per heavy atom. The van der Waals surface area contributed by atoms with Gasteiger partial charge in [0.05, 0.1) is 50.7 Å². The highest BCUT2D eigenvalue weighted by Gasteiger charge is 2.40. The Morgan fingerprint density at radius 3 is 2.13 bits per heavy atom. The van der Waals surface area contributed by atoms with E-state index in [4.69, 9.17) is 23.0 Å². The lowest BCUT2D eigenvalue weighted by atomic mass is 9.80. The molecule has 2 saturated carbocycles. The molecule has 6 unspecified atom stereocenters. The van der Waals surface area contributed by atoms with E-state index in [-0.39, 0.29) is 44.7 Å². The predicted molar refractivity (Wildman–Crippen MR) is 141 cm³/mol. The first-order valence-electron chi connectivity index (χ1n) is 14.0. The van der Waals surface area contributed by atoms with Gasteiger partial charge in [-0.15, -0.1) is 0 Å². The Kier molecular flexibility index (Phi) is 14.5. The van der Waals surface area contributed by atoms with Crippen molar-refractivity contribution in [3.63, 3.8) is 0 Å². The van der Waals surface area contributed by atoms with E-state index in [0.717, 1.165) is 12.8 Å². The van der Waals surface area contributed by atoms with Crippen molar-refractivity contribution in [1.82, 2.24) is 0 Å². The molecule has 2 fully saturated rings. The van der Waals surface area contributed by atoms with Gasteiger partial charge in [0, 0.05) is 11.5 Å². The highest BCUT2D eigenvalue weighted by molar-refractivity contribution is 7.48. The first-order chi connectivity index (χ1) is 18.1. The third-order valence-corrected chi connectivity index (χ3v) is 8.67. The van der Waals surface area contributed by atoms with Crippen molar-refractivity contribution in [1.29, 1.82) is 0 Å². The third-order valence-electron chi connectivity index (χ3n) is 7.14. The van der Waals surface area contributed by atoms with E-state index in [0.29, 0.717) is 50.5 Å². The molecule has 38 heavy (non-hydrogen) atoms. The SMILES string of the molecule is C=C(C)C(=O)OCC1CC(COC(=O)C2CCC(O)C(OP(=O)(OCCCC)OCCCC)C2)CCC1O. The van der Waals surface area contributed by atoms with Gasteiger partial charge in [0.15, 0.2) is 0 Å². The third kappa shape index (κ3) is 11.1. The van der Waals surface area contributed by atoms with Gasteiger partial charge in [-0.3, -0.25) is 18.4 Å². The average Bonchev–Trinajstić information content (AvgIpc) is 2.88. The monoisotopic (exact) mass is 562 g/mol. The van der Waals surface area contributed by atoms with Crippen LogP contribution in [0.3, 0.4) is 0 Å². The standard InChI is InChI=1S/C27H47O10P/c1-5-7-13-35-38(32,36-14-8-6-2)37-25-16-21(10-12-24(25)29)27(31)33-17-20-9-11-23(28)22(15-20)18-34-26(30)19(3)4/h20-25,28-29H,3,5-18H2,1-2,4H3. The van der Waals surface area contributed by atoms with Crippen LogP contribution in [0.25, 0.3) is 0 Å². The van der Waals surface area contributed by atoms with Crippen LogP contribution in [0.1, 0.15) is 85.0 Å². The molecule has 0 radical (unpaired) electrons. The minimum absolute atomic E-state index is 0.0382. The van der Waals surface area contributed by atoms with Crippen molar-refractivity contribution < 1.29 is 47.4 Å². The molecule has 0 heterocycles. The highest BCUT2D eigenvalue weighted by Crippen LogP contribution is 2.52. The van der Waals surface area contributed by atoms with Crippen molar-refractivity contribution in [3.05, 3.63) is 12.2 Å². The van der Waals surface area contributed by atoms with Gasteiger partial charge in [0.1, 0.15) is 0 Å². The Hall–Kier alpha value is -1.29. The van der Waals surface area contributed by atoms with E-state index in [1.54, 1.807) is 6.92 Å². The summed E-state index contributed by atoms with van der Waals surface area (Å²) in [5.74, 6) is -1.58. The maximum Gasteiger partial charge on any atom is 0.475 e. The second kappa shape index (κ2) is 16.7. The molecule has 0 amide bonds. The smallest absolute Gasteiger partial charge is 0.465 e. The van der Waals surface area contributed by atoms with Gasteiger partial charge in [-0.25, -0.2) is 9.36 Å². The van der Waals surface area contributed by atoms with Crippen LogP contribution in [0.5, 0.6) is 0 Å². The first kappa shape index (κ1) is 32.9. The fraction of sp³-hybridized carbons (Fsp3) is 0.852. The highest BCUT2D eigenvalue weighted by atomic mass is 31.2. The summed E-state index contributed by atoms with van der Waals surface area (Å²) in [5.41, 5.74) is 0.303. The Bertz CT molecular complexity index is 789. The summed E-state index contributed by atoms with van der Waals surface area (Å²) in [6.45, 7) is 9.83. The summed E-state index contributed by atoms with van der Waals surface area (Å²) >= 11 is 0. The molecule has 0 aromatic carbocycles. The van der Waals surface area contributed by atoms with Crippen LogP contribution in [-0.2, 0) is 37.2 Å². The van der Waals surface area contributed by atoms with Gasteiger partial charge in [0.2, 0.25) is 0 Å². The van der Waals surface area contributed by atoms with Gasteiger partial charge in [-0.1, -0.05) is 33.3 Å². The average molecular weight is 563 g/mol. The maximum atomic E-state index is 13.2. The Morgan fingerprint density at radius 1 is 0.895 bits per heavy atom. The number of hydrogen-bond acceptors (Lipinski definition) is 10. The van der Waals surface area contributed by atoms with Crippen molar-refractivity contribution in [2.45, 2.75) is 103 Å². The lowest BCUT2D eigenvalue weighted by Crippen LogP contribution is -2.39. The number of aliphatic hydroxyl groups excluding tert-OH is 2. The van der Waals surface area contributed by atoms with Crippen LogP contribution in [0.15, 0.2) is 12.2 Å². The largest absolute Gasteiger partial charge is 0.475 e. The van der Waals surface area contributed by atoms with Crippen molar-refractivity contribution in [3.8, 4) is 0 Å². The normalized spacial score (nSPS) is 28.0. The van der Waals surface area contributed by atoms with Gasteiger partial charge >= 0.3 is 19.8 Å². The molecule has 0 spiro atoms. The predicted octanol–water partition coefficient (Wildman–Crippen LogP) is 4.71. The molecule has 2 aliphatic rings. The second-order valence-electron chi connectivity index (χ2n) is 10.6. The minimum atomic E-state index is -3.89. The second-order valence-corrected chi connectivity index (χ2v) is 12.2. The van der Waals surface area contributed by atoms with Crippen molar-refractivity contribution in [2.75, 3.05) is 26.4 Å². The molecule has 0 saturated heterocycles. The molecule has 220 valence electrons. The lowest BCUT2D eigenvalue weighted by Gasteiger charge is -2.35. The Labute approximate surface area is 227 Å². The molecule has 0 aromatic heterocycles. The van der Waals surface area contributed by atoms with Crippen LogP contribution in [0.4, 0.5) is 0 Å². The zero-order chi connectivity index (χ0) is 28.1. The van der Waals surface area contributed by atoms with Gasteiger partial charge in [-0.05, 0) is 64.2 Å². The minimum Gasteiger partial charge on any atom is -0.465 e. The molecule has 2 aliphatic carbocycles. The van der Waals surface area contributed by atoms with Gasteiger partial charge in [-0.2, -0.15) is 0 Å². The van der Waals surface area contributed by atoms with Crippen molar-refractivity contribution >= 4 is 19.8 Å². The van der Waals surface area contributed by atoms with Crippen LogP contribution in [0, 0.1) is 17.8 Å². The molecule has 11 heteroatoms. The van der Waals surface area contributed by atoms with E-state index in [2.05, 4.69) is 6.58 Å². The van der Waals surface area contributed by atoms with E-state index in [1.165, 1.54) is 0 Å². The molecule has 10 nitrogen and oxygen atoms in total. The van der Waals surface area contributed by atoms with Crippen LogP contribution < -0.4 is 0 Å². The zero-order valence-electron chi connectivity index (χ0n) is 23.2. The lowest BCUT2D eigenvalue weighted by molar-refractivity contribution is -0.155. The van der Waals surface area contributed by atoms with Gasteiger partial charge in [0.25, 0.3) is 0 Å².